The van der Waals surface area contributed by atoms with Crippen molar-refractivity contribution >= 4 is 0 Å². The number of ether oxygens (including phenoxy) is 1. The minimum atomic E-state index is 0.835. The van der Waals surface area contributed by atoms with Crippen molar-refractivity contribution in [1.29, 1.82) is 0 Å². The summed E-state index contributed by atoms with van der Waals surface area (Å²) in [5, 5.41) is 3.37. The van der Waals surface area contributed by atoms with E-state index in [0.717, 1.165) is 39.0 Å². The van der Waals surface area contributed by atoms with Crippen molar-refractivity contribution in [2.45, 2.75) is 19.3 Å². The molecule has 0 aromatic rings. The first-order valence-electron chi connectivity index (χ1n) is 5.48. The van der Waals surface area contributed by atoms with Crippen LogP contribution in [0.1, 0.15) is 19.3 Å². The minimum absolute atomic E-state index is 0.835. The average molecular weight is 209 g/mol. The number of hydrogen-bond donors (Lipinski definition) is 1. The molecular weight excluding hydrogens is 186 g/mol. The zero-order valence-corrected chi connectivity index (χ0v) is 9.80. The van der Waals surface area contributed by atoms with Gasteiger partial charge in [0.1, 0.15) is 0 Å². The van der Waals surface area contributed by atoms with Gasteiger partial charge in [-0.2, -0.15) is 0 Å². The number of hydrogen-bond acceptors (Lipinski definition) is 2. The highest BCUT2D eigenvalue weighted by Gasteiger charge is 1.92. The second kappa shape index (κ2) is 11.2. The Morgan fingerprint density at radius 3 is 2.60 bits per heavy atom. The largest absolute Gasteiger partial charge is 0.385 e. The fraction of sp³-hybridized carbons (Fsp3) is 0.538. The normalized spacial score (nSPS) is 11.4. The summed E-state index contributed by atoms with van der Waals surface area (Å²) in [4.78, 5) is 0. The summed E-state index contributed by atoms with van der Waals surface area (Å²) < 4.78 is 4.96. The maximum atomic E-state index is 4.96. The average Bonchev–Trinajstić information content (AvgIpc) is 2.26. The van der Waals surface area contributed by atoms with Crippen LogP contribution in [0.4, 0.5) is 0 Å². The van der Waals surface area contributed by atoms with Crippen LogP contribution in [-0.2, 0) is 4.74 Å². The fourth-order valence-electron chi connectivity index (χ4n) is 1.29. The molecule has 0 atom stereocenters. The van der Waals surface area contributed by atoms with Gasteiger partial charge in [0.25, 0.3) is 0 Å². The zero-order valence-electron chi connectivity index (χ0n) is 9.80. The van der Waals surface area contributed by atoms with Gasteiger partial charge in [0.05, 0.1) is 0 Å². The second-order valence-corrected chi connectivity index (χ2v) is 3.38. The maximum absolute atomic E-state index is 4.96. The van der Waals surface area contributed by atoms with E-state index in [1.54, 1.807) is 7.11 Å². The Kier molecular flexibility index (Phi) is 10.6. The molecule has 2 nitrogen and oxygen atoms in total. The fourth-order valence-corrected chi connectivity index (χ4v) is 1.29. The van der Waals surface area contributed by atoms with E-state index < -0.39 is 0 Å². The molecular formula is C13H23NO. The van der Waals surface area contributed by atoms with Crippen LogP contribution in [0.15, 0.2) is 37.0 Å². The van der Waals surface area contributed by atoms with Crippen molar-refractivity contribution in [1.82, 2.24) is 5.32 Å². The summed E-state index contributed by atoms with van der Waals surface area (Å²) in [5.41, 5.74) is 1.25. The van der Waals surface area contributed by atoms with Gasteiger partial charge in [-0.15, -0.1) is 0 Å². The second-order valence-electron chi connectivity index (χ2n) is 3.38. The molecule has 0 aliphatic rings. The lowest BCUT2D eigenvalue weighted by Crippen LogP contribution is -2.17. The highest BCUT2D eigenvalue weighted by atomic mass is 16.5. The molecule has 2 heteroatoms. The van der Waals surface area contributed by atoms with E-state index in [9.17, 15) is 0 Å². The Hall–Kier alpha value is -0.860. The zero-order chi connectivity index (χ0) is 11.4. The van der Waals surface area contributed by atoms with Gasteiger partial charge in [0, 0.05) is 13.7 Å². The summed E-state index contributed by atoms with van der Waals surface area (Å²) in [6.45, 7) is 10.4. The number of rotatable bonds is 10. The smallest absolute Gasteiger partial charge is 0.0474 e. The SMILES string of the molecule is C=C/C=C(\C=C)CCCNCCCOC. The van der Waals surface area contributed by atoms with Crippen LogP contribution < -0.4 is 5.32 Å². The molecule has 0 heterocycles. The predicted molar refractivity (Wildman–Crippen MR) is 67.1 cm³/mol. The molecule has 0 fully saturated rings. The van der Waals surface area contributed by atoms with Crippen LogP contribution in [0.25, 0.3) is 0 Å². The minimum Gasteiger partial charge on any atom is -0.385 e. The Labute approximate surface area is 93.7 Å². The Morgan fingerprint density at radius 1 is 1.27 bits per heavy atom. The molecule has 0 radical (unpaired) electrons. The van der Waals surface area contributed by atoms with Crippen LogP contribution in [-0.4, -0.2) is 26.8 Å². The molecule has 86 valence electrons. The van der Waals surface area contributed by atoms with Crippen molar-refractivity contribution in [3.8, 4) is 0 Å². The standard InChI is InChI=1S/C13H23NO/c1-4-8-13(5-2)9-6-10-14-11-7-12-15-3/h4-5,8,14H,1-2,6-7,9-12H2,3H3/b13-8+. The molecule has 0 aromatic heterocycles. The van der Waals surface area contributed by atoms with E-state index in [1.165, 1.54) is 5.57 Å². The topological polar surface area (TPSA) is 21.3 Å². The molecule has 0 aromatic carbocycles. The maximum Gasteiger partial charge on any atom is 0.0474 e. The summed E-state index contributed by atoms with van der Waals surface area (Å²) in [6.07, 6.45) is 8.99. The molecule has 0 unspecified atom stereocenters. The van der Waals surface area contributed by atoms with Gasteiger partial charge >= 0.3 is 0 Å². The Bertz CT molecular complexity index is 197. The number of methoxy groups -OCH3 is 1. The molecule has 0 amide bonds. The highest BCUT2D eigenvalue weighted by Crippen LogP contribution is 2.05. The van der Waals surface area contributed by atoms with Crippen LogP contribution in [0.5, 0.6) is 0 Å². The van der Waals surface area contributed by atoms with Crippen molar-refractivity contribution in [2.75, 3.05) is 26.8 Å². The van der Waals surface area contributed by atoms with Gasteiger partial charge in [0.2, 0.25) is 0 Å². The first kappa shape index (κ1) is 14.1. The molecule has 0 saturated carbocycles. The van der Waals surface area contributed by atoms with E-state index in [1.807, 2.05) is 18.2 Å². The Balaban J connectivity index is 3.33. The third kappa shape index (κ3) is 9.44. The summed E-state index contributed by atoms with van der Waals surface area (Å²) in [6, 6.07) is 0. The molecule has 0 rings (SSSR count). The number of nitrogens with one attached hydrogen (secondary N) is 1. The van der Waals surface area contributed by atoms with E-state index in [0.29, 0.717) is 0 Å². The van der Waals surface area contributed by atoms with Crippen molar-refractivity contribution < 1.29 is 4.74 Å². The first-order valence-corrected chi connectivity index (χ1v) is 5.48. The van der Waals surface area contributed by atoms with Gasteiger partial charge in [-0.25, -0.2) is 0 Å². The van der Waals surface area contributed by atoms with Gasteiger partial charge < -0.3 is 10.1 Å². The molecule has 0 aliphatic carbocycles. The van der Waals surface area contributed by atoms with E-state index >= 15 is 0 Å². The third-order valence-corrected chi connectivity index (χ3v) is 2.12. The van der Waals surface area contributed by atoms with Crippen LogP contribution >= 0.6 is 0 Å². The summed E-state index contributed by atoms with van der Waals surface area (Å²) >= 11 is 0. The Morgan fingerprint density at radius 2 is 2.00 bits per heavy atom. The molecule has 0 aliphatic heterocycles. The van der Waals surface area contributed by atoms with E-state index in [4.69, 9.17) is 4.74 Å². The lowest BCUT2D eigenvalue weighted by molar-refractivity contribution is 0.194. The lowest BCUT2D eigenvalue weighted by Gasteiger charge is -2.04. The number of allylic oxidation sites excluding steroid dienone is 4. The summed E-state index contributed by atoms with van der Waals surface area (Å²) in [7, 11) is 1.73. The van der Waals surface area contributed by atoms with Gasteiger partial charge in [0.15, 0.2) is 0 Å². The molecule has 0 spiro atoms. The quantitative estimate of drug-likeness (QED) is 0.441. The van der Waals surface area contributed by atoms with Crippen molar-refractivity contribution in [3.63, 3.8) is 0 Å². The molecule has 15 heavy (non-hydrogen) atoms. The van der Waals surface area contributed by atoms with Crippen molar-refractivity contribution in [3.05, 3.63) is 37.0 Å². The van der Waals surface area contributed by atoms with Gasteiger partial charge in [-0.05, 0) is 37.9 Å². The van der Waals surface area contributed by atoms with Crippen LogP contribution in [0, 0.1) is 0 Å². The molecule has 0 bridgehead atoms. The van der Waals surface area contributed by atoms with Crippen LogP contribution in [0.2, 0.25) is 0 Å². The summed E-state index contributed by atoms with van der Waals surface area (Å²) in [5.74, 6) is 0. The van der Waals surface area contributed by atoms with Gasteiger partial charge in [-0.3, -0.25) is 0 Å². The lowest BCUT2D eigenvalue weighted by atomic mass is 10.1. The molecule has 0 saturated heterocycles. The predicted octanol–water partition coefficient (Wildman–Crippen LogP) is 2.69. The molecule has 1 N–H and O–H groups in total. The van der Waals surface area contributed by atoms with Crippen molar-refractivity contribution in [2.24, 2.45) is 0 Å². The highest BCUT2D eigenvalue weighted by molar-refractivity contribution is 5.20. The van der Waals surface area contributed by atoms with Crippen LogP contribution in [0.3, 0.4) is 0 Å². The van der Waals surface area contributed by atoms with E-state index in [-0.39, 0.29) is 0 Å². The van der Waals surface area contributed by atoms with E-state index in [2.05, 4.69) is 18.5 Å². The first-order chi connectivity index (χ1) is 7.35. The monoisotopic (exact) mass is 209 g/mol. The van der Waals surface area contributed by atoms with Gasteiger partial charge in [-0.1, -0.05) is 31.4 Å². The third-order valence-electron chi connectivity index (χ3n) is 2.12.